The molecule has 2 N–H and O–H groups in total. The molecule has 1 fully saturated rings. The zero-order valence-electron chi connectivity index (χ0n) is 11.8. The van der Waals surface area contributed by atoms with Crippen LogP contribution in [-0.4, -0.2) is 42.8 Å². The molecule has 0 bridgehead atoms. The molecular formula is C14H30N2O. The number of hydrogen-bond acceptors (Lipinski definition) is 3. The number of rotatable bonds is 7. The molecule has 0 spiro atoms. The van der Waals surface area contributed by atoms with Crippen LogP contribution in [0.2, 0.25) is 0 Å². The van der Waals surface area contributed by atoms with Crippen molar-refractivity contribution >= 4 is 0 Å². The number of nitrogens with zero attached hydrogens (tertiary/aromatic N) is 1. The van der Waals surface area contributed by atoms with Gasteiger partial charge in [0.25, 0.3) is 0 Å². The Morgan fingerprint density at radius 1 is 1.18 bits per heavy atom. The molecule has 1 saturated heterocycles. The average molecular weight is 242 g/mol. The van der Waals surface area contributed by atoms with Crippen LogP contribution in [0.15, 0.2) is 0 Å². The first-order chi connectivity index (χ1) is 8.17. The molecule has 0 aromatic rings. The van der Waals surface area contributed by atoms with E-state index < -0.39 is 0 Å². The minimum absolute atomic E-state index is 0.350. The molecule has 1 rings (SSSR count). The zero-order valence-corrected chi connectivity index (χ0v) is 11.8. The normalized spacial score (nSPS) is 28.2. The van der Waals surface area contributed by atoms with Crippen LogP contribution in [0, 0.1) is 0 Å². The van der Waals surface area contributed by atoms with Crippen LogP contribution in [0.3, 0.4) is 0 Å². The fourth-order valence-electron chi connectivity index (χ4n) is 2.77. The van der Waals surface area contributed by atoms with Gasteiger partial charge in [0.05, 0.1) is 12.2 Å². The van der Waals surface area contributed by atoms with Crippen molar-refractivity contribution in [1.82, 2.24) is 4.90 Å². The predicted molar refractivity (Wildman–Crippen MR) is 73.2 cm³/mol. The monoisotopic (exact) mass is 242 g/mol. The van der Waals surface area contributed by atoms with Gasteiger partial charge in [-0.2, -0.15) is 0 Å². The largest absolute Gasteiger partial charge is 0.373 e. The van der Waals surface area contributed by atoms with Crippen LogP contribution < -0.4 is 5.73 Å². The first-order valence-corrected chi connectivity index (χ1v) is 7.27. The van der Waals surface area contributed by atoms with Gasteiger partial charge in [-0.1, -0.05) is 32.6 Å². The van der Waals surface area contributed by atoms with Gasteiger partial charge in [0, 0.05) is 25.7 Å². The summed E-state index contributed by atoms with van der Waals surface area (Å²) in [4.78, 5) is 2.53. The predicted octanol–water partition coefficient (Wildman–Crippen LogP) is 2.39. The van der Waals surface area contributed by atoms with Crippen LogP contribution >= 0.6 is 0 Å². The first-order valence-electron chi connectivity index (χ1n) is 7.27. The summed E-state index contributed by atoms with van der Waals surface area (Å²) in [6, 6.07) is 0.556. The summed E-state index contributed by atoms with van der Waals surface area (Å²) < 4.78 is 5.77. The van der Waals surface area contributed by atoms with E-state index in [0.717, 1.165) is 19.6 Å². The minimum Gasteiger partial charge on any atom is -0.373 e. The van der Waals surface area contributed by atoms with Crippen LogP contribution in [0.25, 0.3) is 0 Å². The molecule has 0 saturated carbocycles. The molecule has 1 heterocycles. The van der Waals surface area contributed by atoms with Gasteiger partial charge in [-0.25, -0.2) is 0 Å². The Balaban J connectivity index is 2.32. The smallest absolute Gasteiger partial charge is 0.0678 e. The maximum atomic E-state index is 5.93. The minimum atomic E-state index is 0.350. The van der Waals surface area contributed by atoms with E-state index in [9.17, 15) is 0 Å². The Hall–Kier alpha value is -0.120. The van der Waals surface area contributed by atoms with Crippen molar-refractivity contribution in [1.29, 1.82) is 0 Å². The second-order valence-electron chi connectivity index (χ2n) is 5.45. The van der Waals surface area contributed by atoms with E-state index in [0.29, 0.717) is 18.2 Å². The first kappa shape index (κ1) is 14.9. The van der Waals surface area contributed by atoms with Crippen LogP contribution in [0.1, 0.15) is 52.9 Å². The van der Waals surface area contributed by atoms with Crippen LogP contribution in [0.4, 0.5) is 0 Å². The number of unbranched alkanes of at least 4 members (excludes halogenated alkanes) is 3. The molecule has 0 aliphatic carbocycles. The molecule has 3 atom stereocenters. The molecule has 17 heavy (non-hydrogen) atoms. The molecule has 1 aliphatic rings. The van der Waals surface area contributed by atoms with Crippen molar-refractivity contribution < 1.29 is 4.74 Å². The summed E-state index contributed by atoms with van der Waals surface area (Å²) in [7, 11) is 0. The third kappa shape index (κ3) is 5.36. The molecule has 0 amide bonds. The maximum Gasteiger partial charge on any atom is 0.0678 e. The van der Waals surface area contributed by atoms with Gasteiger partial charge in [-0.05, 0) is 20.3 Å². The zero-order chi connectivity index (χ0) is 12.7. The Labute approximate surface area is 107 Å². The highest BCUT2D eigenvalue weighted by Gasteiger charge is 2.26. The molecule has 3 nitrogen and oxygen atoms in total. The van der Waals surface area contributed by atoms with Gasteiger partial charge in [0.1, 0.15) is 0 Å². The van der Waals surface area contributed by atoms with Crippen LogP contribution in [0.5, 0.6) is 0 Å². The highest BCUT2D eigenvalue weighted by atomic mass is 16.5. The number of nitrogens with two attached hydrogens (primary N) is 1. The van der Waals surface area contributed by atoms with Gasteiger partial charge in [0.2, 0.25) is 0 Å². The van der Waals surface area contributed by atoms with E-state index in [-0.39, 0.29) is 0 Å². The third-order valence-electron chi connectivity index (χ3n) is 3.63. The van der Waals surface area contributed by atoms with Gasteiger partial charge < -0.3 is 10.5 Å². The molecule has 0 aromatic carbocycles. The number of hydrogen-bond donors (Lipinski definition) is 1. The lowest BCUT2D eigenvalue weighted by molar-refractivity contribution is -0.0803. The summed E-state index contributed by atoms with van der Waals surface area (Å²) in [5.74, 6) is 0. The number of ether oxygens (including phenoxy) is 1. The molecular weight excluding hydrogens is 212 g/mol. The van der Waals surface area contributed by atoms with Crippen molar-refractivity contribution in [2.75, 3.05) is 19.6 Å². The lowest BCUT2D eigenvalue weighted by Crippen LogP contribution is -2.52. The lowest BCUT2D eigenvalue weighted by Gasteiger charge is -2.40. The Kier molecular flexibility index (Phi) is 7.09. The highest BCUT2D eigenvalue weighted by molar-refractivity contribution is 4.80. The van der Waals surface area contributed by atoms with Gasteiger partial charge in [-0.3, -0.25) is 4.90 Å². The Bertz CT molecular complexity index is 189. The van der Waals surface area contributed by atoms with E-state index in [1.807, 2.05) is 0 Å². The van der Waals surface area contributed by atoms with E-state index in [4.69, 9.17) is 10.5 Å². The van der Waals surface area contributed by atoms with E-state index in [1.54, 1.807) is 0 Å². The molecule has 102 valence electrons. The van der Waals surface area contributed by atoms with E-state index in [2.05, 4.69) is 25.7 Å². The average Bonchev–Trinajstić information content (AvgIpc) is 2.28. The Morgan fingerprint density at radius 3 is 2.35 bits per heavy atom. The number of morpholine rings is 1. The van der Waals surface area contributed by atoms with Crippen molar-refractivity contribution in [3.05, 3.63) is 0 Å². The summed E-state index contributed by atoms with van der Waals surface area (Å²) >= 11 is 0. The quantitative estimate of drug-likeness (QED) is 0.697. The fourth-order valence-corrected chi connectivity index (χ4v) is 2.77. The summed E-state index contributed by atoms with van der Waals surface area (Å²) in [6.07, 6.45) is 7.27. The summed E-state index contributed by atoms with van der Waals surface area (Å²) in [5.41, 5.74) is 5.93. The SMILES string of the molecule is CCCCCCC(CN)N1C[C@@H](C)O[C@@H](C)C1. The van der Waals surface area contributed by atoms with Crippen molar-refractivity contribution in [3.63, 3.8) is 0 Å². The second-order valence-corrected chi connectivity index (χ2v) is 5.45. The molecule has 1 aliphatic heterocycles. The fraction of sp³-hybridized carbons (Fsp3) is 1.00. The maximum absolute atomic E-state index is 5.93. The second kappa shape index (κ2) is 8.06. The van der Waals surface area contributed by atoms with E-state index >= 15 is 0 Å². The standard InChI is InChI=1S/C14H30N2O/c1-4-5-6-7-8-14(9-15)16-10-12(2)17-13(3)11-16/h12-14H,4-11,15H2,1-3H3/t12-,13+,14?. The van der Waals surface area contributed by atoms with Crippen LogP contribution in [-0.2, 0) is 4.74 Å². The summed E-state index contributed by atoms with van der Waals surface area (Å²) in [5, 5.41) is 0. The third-order valence-corrected chi connectivity index (χ3v) is 3.63. The lowest BCUT2D eigenvalue weighted by atomic mass is 10.0. The molecule has 0 aromatic heterocycles. The van der Waals surface area contributed by atoms with Gasteiger partial charge >= 0.3 is 0 Å². The summed E-state index contributed by atoms with van der Waals surface area (Å²) in [6.45, 7) is 9.44. The topological polar surface area (TPSA) is 38.5 Å². The Morgan fingerprint density at radius 2 is 1.82 bits per heavy atom. The van der Waals surface area contributed by atoms with Crippen molar-refractivity contribution in [3.8, 4) is 0 Å². The van der Waals surface area contributed by atoms with E-state index in [1.165, 1.54) is 32.1 Å². The highest BCUT2D eigenvalue weighted by Crippen LogP contribution is 2.17. The molecule has 3 heteroatoms. The van der Waals surface area contributed by atoms with Crippen molar-refractivity contribution in [2.24, 2.45) is 5.73 Å². The molecule has 0 radical (unpaired) electrons. The van der Waals surface area contributed by atoms with Gasteiger partial charge in [0.15, 0.2) is 0 Å². The van der Waals surface area contributed by atoms with Crippen molar-refractivity contribution in [2.45, 2.75) is 71.1 Å². The van der Waals surface area contributed by atoms with Gasteiger partial charge in [-0.15, -0.1) is 0 Å². The molecule has 1 unspecified atom stereocenters.